The minimum Gasteiger partial charge on any atom is -0.478 e. The van der Waals surface area contributed by atoms with Crippen LogP contribution in [0.4, 0.5) is 5.69 Å². The Hall–Kier alpha value is -2.67. The van der Waals surface area contributed by atoms with Gasteiger partial charge in [-0.25, -0.2) is 4.79 Å². The first-order valence-electron chi connectivity index (χ1n) is 7.78. The number of amides is 2. The van der Waals surface area contributed by atoms with Gasteiger partial charge in [-0.15, -0.1) is 0 Å². The van der Waals surface area contributed by atoms with Gasteiger partial charge in [-0.3, -0.25) is 9.59 Å². The Morgan fingerprint density at radius 2 is 1.71 bits per heavy atom. The van der Waals surface area contributed by atoms with Crippen LogP contribution in [-0.2, 0) is 9.59 Å². The van der Waals surface area contributed by atoms with Gasteiger partial charge in [-0.05, 0) is 37.4 Å². The molecule has 1 aromatic carbocycles. The summed E-state index contributed by atoms with van der Waals surface area (Å²) < 4.78 is 0. The fourth-order valence-corrected chi connectivity index (χ4v) is 2.01. The van der Waals surface area contributed by atoms with E-state index in [1.807, 2.05) is 0 Å². The van der Waals surface area contributed by atoms with Gasteiger partial charge in [0.15, 0.2) is 0 Å². The van der Waals surface area contributed by atoms with Crippen molar-refractivity contribution in [2.75, 3.05) is 31.5 Å². The van der Waals surface area contributed by atoms with Crippen LogP contribution in [0, 0.1) is 0 Å². The Morgan fingerprint density at radius 3 is 2.25 bits per heavy atom. The molecule has 24 heavy (non-hydrogen) atoms. The highest BCUT2D eigenvalue weighted by Crippen LogP contribution is 2.09. The van der Waals surface area contributed by atoms with E-state index < -0.39 is 11.9 Å². The number of carbonyl (C=O) groups excluding carboxylic acids is 2. The molecule has 1 aromatic rings. The number of hydrogen-bond donors (Lipinski definition) is 3. The maximum absolute atomic E-state index is 12.0. The van der Waals surface area contributed by atoms with Gasteiger partial charge in [0.1, 0.15) is 0 Å². The number of likely N-dealkylation sites (N-methyl/N-ethyl adjacent to an activating group) is 1. The van der Waals surface area contributed by atoms with E-state index in [0.29, 0.717) is 17.8 Å². The van der Waals surface area contributed by atoms with Gasteiger partial charge in [0, 0.05) is 36.5 Å². The molecular weight excluding hydrogens is 310 g/mol. The molecule has 0 radical (unpaired) electrons. The third-order valence-electron chi connectivity index (χ3n) is 3.40. The summed E-state index contributed by atoms with van der Waals surface area (Å²) in [6.45, 7) is 7.39. The van der Waals surface area contributed by atoms with Crippen LogP contribution in [0.2, 0.25) is 0 Å². The summed E-state index contributed by atoms with van der Waals surface area (Å²) >= 11 is 0. The monoisotopic (exact) mass is 333 g/mol. The zero-order chi connectivity index (χ0) is 17.9. The molecule has 7 heteroatoms. The van der Waals surface area contributed by atoms with Crippen molar-refractivity contribution in [3.05, 3.63) is 42.0 Å². The summed E-state index contributed by atoms with van der Waals surface area (Å²) in [6, 6.07) is 6.38. The van der Waals surface area contributed by atoms with Crippen LogP contribution in [0.15, 0.2) is 36.4 Å². The third kappa shape index (κ3) is 7.06. The van der Waals surface area contributed by atoms with E-state index in [0.717, 1.165) is 31.8 Å². The summed E-state index contributed by atoms with van der Waals surface area (Å²) in [6.07, 6.45) is 1.68. The minimum atomic E-state index is -1.19. The molecule has 3 N–H and O–H groups in total. The molecule has 0 atom stereocenters. The number of nitrogens with one attached hydrogen (secondary N) is 2. The molecule has 0 heterocycles. The molecule has 0 bridgehead atoms. The third-order valence-corrected chi connectivity index (χ3v) is 3.40. The van der Waals surface area contributed by atoms with Gasteiger partial charge >= 0.3 is 5.97 Å². The van der Waals surface area contributed by atoms with E-state index in [4.69, 9.17) is 5.11 Å². The smallest absolute Gasteiger partial charge is 0.328 e. The van der Waals surface area contributed by atoms with E-state index in [2.05, 4.69) is 29.4 Å². The molecule has 130 valence electrons. The molecule has 0 fully saturated rings. The molecule has 0 aliphatic heterocycles. The predicted octanol–water partition coefficient (Wildman–Crippen LogP) is 1.34. The highest BCUT2D eigenvalue weighted by atomic mass is 16.4. The molecule has 0 aliphatic carbocycles. The zero-order valence-corrected chi connectivity index (χ0v) is 13.9. The molecule has 1 rings (SSSR count). The number of carbonyl (C=O) groups is 3. The van der Waals surface area contributed by atoms with Crippen molar-refractivity contribution in [3.63, 3.8) is 0 Å². The molecule has 0 spiro atoms. The van der Waals surface area contributed by atoms with Crippen LogP contribution >= 0.6 is 0 Å². The Balaban J connectivity index is 2.50. The molecule has 0 aliphatic rings. The normalized spacial score (nSPS) is 10.8. The van der Waals surface area contributed by atoms with Crippen molar-refractivity contribution in [1.29, 1.82) is 0 Å². The van der Waals surface area contributed by atoms with Crippen molar-refractivity contribution in [2.45, 2.75) is 13.8 Å². The second-order valence-corrected chi connectivity index (χ2v) is 5.02. The van der Waals surface area contributed by atoms with Crippen molar-refractivity contribution < 1.29 is 19.5 Å². The van der Waals surface area contributed by atoms with Crippen molar-refractivity contribution in [2.24, 2.45) is 0 Å². The van der Waals surface area contributed by atoms with Crippen LogP contribution in [0.3, 0.4) is 0 Å². The lowest BCUT2D eigenvalue weighted by Gasteiger charge is -2.17. The lowest BCUT2D eigenvalue weighted by atomic mass is 10.2. The highest BCUT2D eigenvalue weighted by Gasteiger charge is 2.06. The van der Waals surface area contributed by atoms with E-state index in [9.17, 15) is 14.4 Å². The fraction of sp³-hybridized carbons (Fsp3) is 0.353. The average Bonchev–Trinajstić information content (AvgIpc) is 2.57. The van der Waals surface area contributed by atoms with Crippen LogP contribution in [0.5, 0.6) is 0 Å². The number of rotatable bonds is 9. The number of carboxylic acid groups (broad SMARTS) is 1. The largest absolute Gasteiger partial charge is 0.478 e. The second kappa shape index (κ2) is 10.2. The molecule has 0 saturated carbocycles. The number of anilines is 1. The van der Waals surface area contributed by atoms with Crippen molar-refractivity contribution >= 4 is 23.5 Å². The Bertz CT molecular complexity index is 592. The van der Waals surface area contributed by atoms with E-state index in [1.54, 1.807) is 24.3 Å². The molecule has 0 aromatic heterocycles. The summed E-state index contributed by atoms with van der Waals surface area (Å²) in [7, 11) is 0. The van der Waals surface area contributed by atoms with Crippen LogP contribution in [0.1, 0.15) is 24.2 Å². The first kappa shape index (κ1) is 19.4. The lowest BCUT2D eigenvalue weighted by molar-refractivity contribution is -0.131. The maximum Gasteiger partial charge on any atom is 0.328 e. The minimum absolute atomic E-state index is 0.175. The summed E-state index contributed by atoms with van der Waals surface area (Å²) in [5, 5.41) is 13.8. The van der Waals surface area contributed by atoms with E-state index in [-0.39, 0.29) is 5.91 Å². The predicted molar refractivity (Wildman–Crippen MR) is 92.0 cm³/mol. The van der Waals surface area contributed by atoms with Gasteiger partial charge in [-0.1, -0.05) is 13.8 Å². The van der Waals surface area contributed by atoms with Crippen molar-refractivity contribution in [1.82, 2.24) is 10.2 Å². The van der Waals surface area contributed by atoms with Gasteiger partial charge in [0.25, 0.3) is 5.91 Å². The van der Waals surface area contributed by atoms with Crippen molar-refractivity contribution in [3.8, 4) is 0 Å². The topological polar surface area (TPSA) is 98.7 Å². The van der Waals surface area contributed by atoms with Crippen LogP contribution < -0.4 is 10.6 Å². The Labute approximate surface area is 141 Å². The maximum atomic E-state index is 12.0. The number of aliphatic carboxylic acids is 1. The first-order valence-corrected chi connectivity index (χ1v) is 7.78. The van der Waals surface area contributed by atoms with Gasteiger partial charge < -0.3 is 20.6 Å². The molecule has 0 unspecified atom stereocenters. The average molecular weight is 333 g/mol. The molecular formula is C17H23N3O4. The van der Waals surface area contributed by atoms with Crippen LogP contribution in [-0.4, -0.2) is 54.0 Å². The number of benzene rings is 1. The first-order chi connectivity index (χ1) is 11.5. The quantitative estimate of drug-likeness (QED) is 0.592. The van der Waals surface area contributed by atoms with Gasteiger partial charge in [-0.2, -0.15) is 0 Å². The standard InChI is InChI=1S/C17H23N3O4/c1-3-20(4-2)12-11-18-17(24)13-5-7-14(8-6-13)19-15(21)9-10-16(22)23/h5-10H,3-4,11-12H2,1-2H3,(H,18,24)(H,19,21)(H,22,23)/b10-9+. The highest BCUT2D eigenvalue weighted by molar-refractivity contribution is 6.02. The number of nitrogens with zero attached hydrogens (tertiary/aromatic N) is 1. The Morgan fingerprint density at radius 1 is 1.08 bits per heavy atom. The van der Waals surface area contributed by atoms with Gasteiger partial charge in [0.05, 0.1) is 0 Å². The second-order valence-electron chi connectivity index (χ2n) is 5.02. The SMILES string of the molecule is CCN(CC)CCNC(=O)c1ccc(NC(=O)/C=C/C(=O)O)cc1. The van der Waals surface area contributed by atoms with E-state index >= 15 is 0 Å². The number of hydrogen-bond acceptors (Lipinski definition) is 4. The summed E-state index contributed by atoms with van der Waals surface area (Å²) in [4.78, 5) is 36.0. The fourth-order valence-electron chi connectivity index (χ4n) is 2.01. The van der Waals surface area contributed by atoms with Crippen LogP contribution in [0.25, 0.3) is 0 Å². The molecule has 2 amide bonds. The summed E-state index contributed by atoms with van der Waals surface area (Å²) in [5.41, 5.74) is 0.975. The lowest BCUT2D eigenvalue weighted by Crippen LogP contribution is -2.34. The summed E-state index contributed by atoms with van der Waals surface area (Å²) in [5.74, 6) is -1.92. The molecule has 0 saturated heterocycles. The van der Waals surface area contributed by atoms with E-state index in [1.165, 1.54) is 0 Å². The Kier molecular flexibility index (Phi) is 8.21. The zero-order valence-electron chi connectivity index (χ0n) is 13.9. The number of carboxylic acids is 1. The van der Waals surface area contributed by atoms with Gasteiger partial charge in [0.2, 0.25) is 5.91 Å². The molecule has 7 nitrogen and oxygen atoms in total.